The number of hydrogen-bond acceptors (Lipinski definition) is 3. The van der Waals surface area contributed by atoms with Gasteiger partial charge in [-0.25, -0.2) is 0 Å². The molecule has 3 nitrogen and oxygen atoms in total. The lowest BCUT2D eigenvalue weighted by molar-refractivity contribution is 0.0895. The lowest BCUT2D eigenvalue weighted by Gasteiger charge is -2.25. The van der Waals surface area contributed by atoms with Crippen LogP contribution in [0.5, 0.6) is 5.75 Å². The van der Waals surface area contributed by atoms with E-state index in [1.165, 1.54) is 5.56 Å². The number of Topliss-reactive ketones (excluding diaryl/α,β-unsaturated/α-hetero) is 1. The molecule has 2 rings (SSSR count). The van der Waals surface area contributed by atoms with Crippen molar-refractivity contribution in [3.63, 3.8) is 0 Å². The molecule has 0 aliphatic carbocycles. The minimum atomic E-state index is 0.0323. The van der Waals surface area contributed by atoms with Crippen LogP contribution in [0, 0.1) is 5.92 Å². The van der Waals surface area contributed by atoms with Gasteiger partial charge < -0.3 is 10.1 Å². The third-order valence-corrected chi connectivity index (χ3v) is 4.08. The van der Waals surface area contributed by atoms with E-state index < -0.39 is 0 Å². The molecule has 1 N–H and O–H groups in total. The predicted octanol–water partition coefficient (Wildman–Crippen LogP) is 3.57. The van der Waals surface area contributed by atoms with Crippen molar-refractivity contribution >= 4 is 5.78 Å². The summed E-state index contributed by atoms with van der Waals surface area (Å²) in [6, 6.07) is 6.05. The summed E-state index contributed by atoms with van der Waals surface area (Å²) in [7, 11) is 0. The first-order chi connectivity index (χ1) is 9.93. The van der Waals surface area contributed by atoms with Gasteiger partial charge >= 0.3 is 0 Å². The van der Waals surface area contributed by atoms with E-state index in [0.717, 1.165) is 37.2 Å². The normalized spacial score (nSPS) is 19.3. The van der Waals surface area contributed by atoms with Crippen LogP contribution in [0.2, 0.25) is 0 Å². The van der Waals surface area contributed by atoms with E-state index >= 15 is 0 Å². The van der Waals surface area contributed by atoms with Crippen molar-refractivity contribution in [1.29, 1.82) is 0 Å². The Morgan fingerprint density at radius 2 is 2.14 bits per heavy atom. The first-order valence-electron chi connectivity index (χ1n) is 7.95. The number of benzene rings is 1. The van der Waals surface area contributed by atoms with Gasteiger partial charge in [0.15, 0.2) is 5.78 Å². The molecule has 1 aliphatic rings. The van der Waals surface area contributed by atoms with Crippen LogP contribution in [-0.2, 0) is 5.41 Å². The zero-order valence-electron chi connectivity index (χ0n) is 13.7. The molecule has 1 aliphatic heterocycles. The standard InChI is InChI=1S/C18H27NO2/c1-5-21-16-9-8-14(18(2,3)4)11-15(16)17(20)13-7-6-10-19-12-13/h8-9,11,13,19H,5-7,10,12H2,1-4H3. The van der Waals surface area contributed by atoms with E-state index in [4.69, 9.17) is 4.74 Å². The van der Waals surface area contributed by atoms with Crippen molar-refractivity contribution in [3.8, 4) is 5.75 Å². The summed E-state index contributed by atoms with van der Waals surface area (Å²) in [5.74, 6) is 1.02. The maximum atomic E-state index is 12.9. The molecule has 0 amide bonds. The van der Waals surface area contributed by atoms with Crippen molar-refractivity contribution in [1.82, 2.24) is 5.32 Å². The Balaban J connectivity index is 2.35. The molecule has 0 bridgehead atoms. The SMILES string of the molecule is CCOc1ccc(C(C)(C)C)cc1C(=O)C1CCCNC1. The average Bonchev–Trinajstić information content (AvgIpc) is 2.47. The van der Waals surface area contributed by atoms with Crippen LogP contribution in [0.25, 0.3) is 0 Å². The van der Waals surface area contributed by atoms with Crippen LogP contribution in [0.15, 0.2) is 18.2 Å². The van der Waals surface area contributed by atoms with Gasteiger partial charge in [-0.1, -0.05) is 26.8 Å². The fraction of sp³-hybridized carbons (Fsp3) is 0.611. The van der Waals surface area contributed by atoms with Gasteiger partial charge in [-0.2, -0.15) is 0 Å². The Kier molecular flexibility index (Phi) is 5.04. The highest BCUT2D eigenvalue weighted by Crippen LogP contribution is 2.30. The van der Waals surface area contributed by atoms with Crippen LogP contribution >= 0.6 is 0 Å². The number of nitrogens with one attached hydrogen (secondary N) is 1. The van der Waals surface area contributed by atoms with E-state index in [9.17, 15) is 4.79 Å². The topological polar surface area (TPSA) is 38.3 Å². The molecule has 1 unspecified atom stereocenters. The first kappa shape index (κ1) is 16.0. The zero-order chi connectivity index (χ0) is 15.5. The number of hydrogen-bond donors (Lipinski definition) is 1. The Bertz CT molecular complexity index is 496. The third-order valence-electron chi connectivity index (χ3n) is 4.08. The second-order valence-electron chi connectivity index (χ2n) is 6.80. The molecule has 116 valence electrons. The van der Waals surface area contributed by atoms with Crippen molar-refractivity contribution in [2.45, 2.75) is 46.0 Å². The van der Waals surface area contributed by atoms with E-state index in [1.807, 2.05) is 19.1 Å². The number of piperidine rings is 1. The Morgan fingerprint density at radius 3 is 2.71 bits per heavy atom. The molecule has 1 aromatic rings. The predicted molar refractivity (Wildman–Crippen MR) is 86.2 cm³/mol. The quantitative estimate of drug-likeness (QED) is 0.861. The maximum absolute atomic E-state index is 12.9. The summed E-state index contributed by atoms with van der Waals surface area (Å²) in [4.78, 5) is 12.9. The highest BCUT2D eigenvalue weighted by atomic mass is 16.5. The van der Waals surface area contributed by atoms with Crippen molar-refractivity contribution in [3.05, 3.63) is 29.3 Å². The zero-order valence-corrected chi connectivity index (χ0v) is 13.7. The van der Waals surface area contributed by atoms with Gasteiger partial charge in [-0.05, 0) is 49.4 Å². The highest BCUT2D eigenvalue weighted by molar-refractivity contribution is 6.00. The van der Waals surface area contributed by atoms with Crippen LogP contribution in [0.4, 0.5) is 0 Å². The smallest absolute Gasteiger partial charge is 0.170 e. The molecule has 21 heavy (non-hydrogen) atoms. The number of carbonyl (C=O) groups excluding carboxylic acids is 1. The van der Waals surface area contributed by atoms with Gasteiger partial charge in [0.1, 0.15) is 5.75 Å². The van der Waals surface area contributed by atoms with Crippen LogP contribution in [-0.4, -0.2) is 25.5 Å². The van der Waals surface area contributed by atoms with Crippen LogP contribution in [0.1, 0.15) is 56.5 Å². The summed E-state index contributed by atoms with van der Waals surface area (Å²) in [5, 5.41) is 3.32. The van der Waals surface area contributed by atoms with Crippen molar-refractivity contribution in [2.75, 3.05) is 19.7 Å². The molecular weight excluding hydrogens is 262 g/mol. The van der Waals surface area contributed by atoms with Gasteiger partial charge in [-0.15, -0.1) is 0 Å². The molecule has 0 aromatic heterocycles. The molecular formula is C18H27NO2. The molecule has 1 heterocycles. The van der Waals surface area contributed by atoms with Gasteiger partial charge in [0.05, 0.1) is 12.2 Å². The minimum absolute atomic E-state index is 0.0323. The summed E-state index contributed by atoms with van der Waals surface area (Å²) < 4.78 is 5.68. The number of ether oxygens (including phenoxy) is 1. The third kappa shape index (κ3) is 3.85. The number of ketones is 1. The average molecular weight is 289 g/mol. The highest BCUT2D eigenvalue weighted by Gasteiger charge is 2.26. The lowest BCUT2D eigenvalue weighted by Crippen LogP contribution is -2.34. The maximum Gasteiger partial charge on any atom is 0.170 e. The minimum Gasteiger partial charge on any atom is -0.493 e. The van der Waals surface area contributed by atoms with E-state index in [1.54, 1.807) is 0 Å². The lowest BCUT2D eigenvalue weighted by atomic mass is 9.83. The van der Waals surface area contributed by atoms with Gasteiger partial charge in [0.2, 0.25) is 0 Å². The number of carbonyl (C=O) groups is 1. The molecule has 1 fully saturated rings. The molecule has 3 heteroatoms. The Morgan fingerprint density at radius 1 is 1.38 bits per heavy atom. The van der Waals surface area contributed by atoms with Gasteiger partial charge in [0.25, 0.3) is 0 Å². The van der Waals surface area contributed by atoms with Crippen LogP contribution < -0.4 is 10.1 Å². The van der Waals surface area contributed by atoms with Crippen molar-refractivity contribution < 1.29 is 9.53 Å². The second kappa shape index (κ2) is 6.61. The van der Waals surface area contributed by atoms with Crippen molar-refractivity contribution in [2.24, 2.45) is 5.92 Å². The number of rotatable bonds is 4. The molecule has 1 aromatic carbocycles. The second-order valence-corrected chi connectivity index (χ2v) is 6.80. The van der Waals surface area contributed by atoms with E-state index in [2.05, 4.69) is 32.2 Å². The molecule has 1 atom stereocenters. The van der Waals surface area contributed by atoms with Crippen LogP contribution in [0.3, 0.4) is 0 Å². The van der Waals surface area contributed by atoms with Gasteiger partial charge in [0, 0.05) is 12.5 Å². The molecule has 0 saturated carbocycles. The van der Waals surface area contributed by atoms with Gasteiger partial charge in [-0.3, -0.25) is 4.79 Å². The summed E-state index contributed by atoms with van der Waals surface area (Å²) in [5.41, 5.74) is 1.96. The Hall–Kier alpha value is -1.35. The fourth-order valence-electron chi connectivity index (χ4n) is 2.77. The Labute approximate surface area is 128 Å². The van der Waals surface area contributed by atoms with E-state index in [-0.39, 0.29) is 17.1 Å². The first-order valence-corrected chi connectivity index (χ1v) is 7.95. The molecule has 0 spiro atoms. The molecule has 0 radical (unpaired) electrons. The van der Waals surface area contributed by atoms with E-state index in [0.29, 0.717) is 6.61 Å². The largest absolute Gasteiger partial charge is 0.493 e. The summed E-state index contributed by atoms with van der Waals surface area (Å²) >= 11 is 0. The summed E-state index contributed by atoms with van der Waals surface area (Å²) in [6.07, 6.45) is 2.04. The fourth-order valence-corrected chi connectivity index (χ4v) is 2.77. The monoisotopic (exact) mass is 289 g/mol. The molecule has 1 saturated heterocycles. The summed E-state index contributed by atoms with van der Waals surface area (Å²) in [6.45, 7) is 10.8.